The zero-order chi connectivity index (χ0) is 23.5. The van der Waals surface area contributed by atoms with Gasteiger partial charge in [0.15, 0.2) is 0 Å². The minimum Gasteiger partial charge on any atom is -0.378 e. The number of nitro benzene ring substituents is 1. The van der Waals surface area contributed by atoms with Crippen LogP contribution in [0.2, 0.25) is 5.02 Å². The second-order valence-electron chi connectivity index (χ2n) is 8.77. The summed E-state index contributed by atoms with van der Waals surface area (Å²) in [5, 5.41) is 14.5. The Hall–Kier alpha value is -2.52. The molecule has 1 aromatic heterocycles. The number of likely N-dealkylation sites (tertiary alicyclic amines) is 1. The fourth-order valence-electron chi connectivity index (χ4n) is 4.76. The first-order chi connectivity index (χ1) is 16.6. The molecule has 0 amide bonds. The first-order valence-corrected chi connectivity index (χ1v) is 12.9. The average molecular weight is 499 g/mol. The Kier molecular flexibility index (Phi) is 7.10. The van der Waals surface area contributed by atoms with Gasteiger partial charge in [-0.3, -0.25) is 15.0 Å². The van der Waals surface area contributed by atoms with Crippen molar-refractivity contribution >= 4 is 34.3 Å². The second kappa shape index (κ2) is 10.4. The molecule has 0 unspecified atom stereocenters. The Morgan fingerprint density at radius 2 is 1.88 bits per heavy atom. The van der Waals surface area contributed by atoms with Crippen LogP contribution in [0.25, 0.3) is 11.3 Å². The summed E-state index contributed by atoms with van der Waals surface area (Å²) in [5.41, 5.74) is 4.13. The maximum Gasteiger partial charge on any atom is 0.288 e. The Bertz CT molecular complexity index is 1160. The lowest BCUT2D eigenvalue weighted by Crippen LogP contribution is -2.38. The quantitative estimate of drug-likeness (QED) is 0.326. The molecule has 0 spiro atoms. The van der Waals surface area contributed by atoms with Gasteiger partial charge >= 0.3 is 0 Å². The topological polar surface area (TPSA) is 71.7 Å². The first-order valence-electron chi connectivity index (χ1n) is 11.6. The second-order valence-corrected chi connectivity index (χ2v) is 10.1. The molecule has 7 nitrogen and oxygen atoms in total. The van der Waals surface area contributed by atoms with Crippen LogP contribution in [-0.2, 0) is 11.3 Å². The van der Waals surface area contributed by atoms with Gasteiger partial charge in [0.2, 0.25) is 0 Å². The molecular formula is C25H27ClN4O3S. The number of thiazole rings is 1. The van der Waals surface area contributed by atoms with Crippen molar-refractivity contribution in [2.24, 2.45) is 0 Å². The molecule has 0 bridgehead atoms. The molecule has 0 N–H and O–H groups in total. The fourth-order valence-corrected chi connectivity index (χ4v) is 5.94. The standard InChI is InChI=1S/C25H27ClN4O3S/c26-21-6-5-19(15-24(21)30(31)32)22-17-34-25(27-22)18-7-9-28(10-8-18)16-20-3-1-2-4-23(20)29-11-13-33-14-12-29/h1-6,15,17-18H,7-14,16H2. The van der Waals surface area contributed by atoms with Crippen LogP contribution < -0.4 is 4.90 Å². The van der Waals surface area contributed by atoms with E-state index in [2.05, 4.69) is 34.1 Å². The minimum absolute atomic E-state index is 0.0839. The lowest BCUT2D eigenvalue weighted by atomic mass is 9.97. The molecule has 5 rings (SSSR count). The maximum atomic E-state index is 11.2. The van der Waals surface area contributed by atoms with Crippen LogP contribution in [-0.4, -0.2) is 54.2 Å². The highest BCUT2D eigenvalue weighted by atomic mass is 35.5. The van der Waals surface area contributed by atoms with E-state index >= 15 is 0 Å². The number of halogens is 1. The molecule has 178 valence electrons. The van der Waals surface area contributed by atoms with Gasteiger partial charge in [0.25, 0.3) is 5.69 Å². The molecule has 9 heteroatoms. The van der Waals surface area contributed by atoms with Crippen LogP contribution in [0.15, 0.2) is 47.8 Å². The number of piperidine rings is 1. The minimum atomic E-state index is -0.452. The van der Waals surface area contributed by atoms with Crippen LogP contribution in [0.3, 0.4) is 0 Å². The van der Waals surface area contributed by atoms with Crippen molar-refractivity contribution in [1.29, 1.82) is 0 Å². The lowest BCUT2D eigenvalue weighted by molar-refractivity contribution is -0.384. The van der Waals surface area contributed by atoms with Crippen molar-refractivity contribution in [1.82, 2.24) is 9.88 Å². The van der Waals surface area contributed by atoms with Crippen molar-refractivity contribution in [3.05, 3.63) is 73.6 Å². The summed E-state index contributed by atoms with van der Waals surface area (Å²) in [7, 11) is 0. The van der Waals surface area contributed by atoms with Gasteiger partial charge in [-0.05, 0) is 43.6 Å². The predicted octanol–water partition coefficient (Wildman–Crippen LogP) is 5.59. The summed E-state index contributed by atoms with van der Waals surface area (Å²) >= 11 is 7.60. The molecule has 2 saturated heterocycles. The van der Waals surface area contributed by atoms with Gasteiger partial charge in [-0.15, -0.1) is 11.3 Å². The summed E-state index contributed by atoms with van der Waals surface area (Å²) in [6, 6.07) is 13.6. The zero-order valence-corrected chi connectivity index (χ0v) is 20.4. The maximum absolute atomic E-state index is 11.2. The van der Waals surface area contributed by atoms with Crippen LogP contribution in [0.4, 0.5) is 11.4 Å². The van der Waals surface area contributed by atoms with Gasteiger partial charge in [0.05, 0.1) is 28.8 Å². The van der Waals surface area contributed by atoms with Crippen molar-refractivity contribution in [3.8, 4) is 11.3 Å². The third-order valence-corrected chi connectivity index (χ3v) is 7.96. The Labute approximate surface area is 208 Å². The number of nitro groups is 1. The number of anilines is 1. The van der Waals surface area contributed by atoms with Crippen LogP contribution in [0.1, 0.15) is 29.3 Å². The molecule has 3 aromatic rings. The van der Waals surface area contributed by atoms with E-state index in [4.69, 9.17) is 21.3 Å². The summed E-state index contributed by atoms with van der Waals surface area (Å²) in [4.78, 5) is 20.6. The summed E-state index contributed by atoms with van der Waals surface area (Å²) in [6.07, 6.45) is 2.13. The van der Waals surface area contributed by atoms with E-state index in [9.17, 15) is 10.1 Å². The highest BCUT2D eigenvalue weighted by Crippen LogP contribution is 2.36. The number of ether oxygens (including phenoxy) is 1. The number of para-hydroxylation sites is 1. The highest BCUT2D eigenvalue weighted by molar-refractivity contribution is 7.10. The average Bonchev–Trinajstić information content (AvgIpc) is 3.36. The Morgan fingerprint density at radius 1 is 1.12 bits per heavy atom. The molecular weight excluding hydrogens is 472 g/mol. The summed E-state index contributed by atoms with van der Waals surface area (Å²) < 4.78 is 5.52. The van der Waals surface area contributed by atoms with Crippen molar-refractivity contribution in [3.63, 3.8) is 0 Å². The zero-order valence-electron chi connectivity index (χ0n) is 18.9. The number of nitrogens with zero attached hydrogens (tertiary/aromatic N) is 4. The molecule has 0 aliphatic carbocycles. The van der Waals surface area contributed by atoms with E-state index in [1.54, 1.807) is 23.5 Å². The molecule has 34 heavy (non-hydrogen) atoms. The van der Waals surface area contributed by atoms with Crippen molar-refractivity contribution in [2.75, 3.05) is 44.3 Å². The molecule has 0 saturated carbocycles. The van der Waals surface area contributed by atoms with Gasteiger partial charge < -0.3 is 9.64 Å². The van der Waals surface area contributed by atoms with Crippen molar-refractivity contribution < 1.29 is 9.66 Å². The fraction of sp³-hybridized carbons (Fsp3) is 0.400. The molecule has 3 heterocycles. The SMILES string of the molecule is O=[N+]([O-])c1cc(-c2csc(C3CCN(Cc4ccccc4N4CCOCC4)CC3)n2)ccc1Cl. The van der Waals surface area contributed by atoms with Crippen LogP contribution >= 0.6 is 22.9 Å². The predicted molar refractivity (Wildman–Crippen MR) is 136 cm³/mol. The Balaban J connectivity index is 1.22. The number of hydrogen-bond acceptors (Lipinski definition) is 7. The molecule has 2 aliphatic heterocycles. The summed E-state index contributed by atoms with van der Waals surface area (Å²) in [5.74, 6) is 0.423. The molecule has 0 atom stereocenters. The number of benzene rings is 2. The molecule has 0 radical (unpaired) electrons. The highest BCUT2D eigenvalue weighted by Gasteiger charge is 2.25. The van der Waals surface area contributed by atoms with Crippen LogP contribution in [0, 0.1) is 10.1 Å². The smallest absolute Gasteiger partial charge is 0.288 e. The third-order valence-electron chi connectivity index (χ3n) is 6.63. The van der Waals surface area contributed by atoms with Gasteiger partial charge in [-0.25, -0.2) is 4.98 Å². The number of hydrogen-bond donors (Lipinski definition) is 0. The molecule has 2 aromatic carbocycles. The number of morpholine rings is 1. The van der Waals surface area contributed by atoms with E-state index in [1.807, 2.05) is 5.38 Å². The molecule has 2 fully saturated rings. The summed E-state index contributed by atoms with van der Waals surface area (Å²) in [6.45, 7) is 6.49. The first kappa shape index (κ1) is 23.2. The van der Waals surface area contributed by atoms with Crippen molar-refractivity contribution in [2.45, 2.75) is 25.3 Å². The van der Waals surface area contributed by atoms with Gasteiger partial charge in [0.1, 0.15) is 5.02 Å². The normalized spacial score (nSPS) is 17.7. The van der Waals surface area contributed by atoms with E-state index in [1.165, 1.54) is 17.3 Å². The van der Waals surface area contributed by atoms with E-state index in [0.717, 1.165) is 75.0 Å². The van der Waals surface area contributed by atoms with Gasteiger partial charge in [-0.2, -0.15) is 0 Å². The van der Waals surface area contributed by atoms with E-state index in [-0.39, 0.29) is 10.7 Å². The Morgan fingerprint density at radius 3 is 2.65 bits per heavy atom. The molecule has 2 aliphatic rings. The van der Waals surface area contributed by atoms with Gasteiger partial charge in [0, 0.05) is 48.2 Å². The van der Waals surface area contributed by atoms with Gasteiger partial charge in [-0.1, -0.05) is 35.9 Å². The van der Waals surface area contributed by atoms with E-state index in [0.29, 0.717) is 5.92 Å². The monoisotopic (exact) mass is 498 g/mol. The number of rotatable bonds is 6. The lowest BCUT2D eigenvalue weighted by Gasteiger charge is -2.34. The number of aromatic nitrogens is 1. The largest absolute Gasteiger partial charge is 0.378 e. The third kappa shape index (κ3) is 5.10. The van der Waals surface area contributed by atoms with Crippen LogP contribution in [0.5, 0.6) is 0 Å². The van der Waals surface area contributed by atoms with E-state index < -0.39 is 4.92 Å².